The number of amides is 1. The number of nitrogens with one attached hydrogen (secondary N) is 2. The van der Waals surface area contributed by atoms with E-state index in [9.17, 15) is 19.3 Å². The van der Waals surface area contributed by atoms with Gasteiger partial charge in [0.25, 0.3) is 5.69 Å². The van der Waals surface area contributed by atoms with Crippen LogP contribution in [0, 0.1) is 15.9 Å². The van der Waals surface area contributed by atoms with E-state index in [-0.39, 0.29) is 23.8 Å². The van der Waals surface area contributed by atoms with Crippen LogP contribution in [0.15, 0.2) is 41.0 Å². The molecule has 0 bridgehead atoms. The van der Waals surface area contributed by atoms with E-state index in [2.05, 4.69) is 10.6 Å². The minimum absolute atomic E-state index is 0.0197. The molecule has 8 heteroatoms. The van der Waals surface area contributed by atoms with Crippen molar-refractivity contribution in [2.24, 2.45) is 0 Å². The minimum Gasteiger partial charge on any atom is -0.467 e. The van der Waals surface area contributed by atoms with E-state index >= 15 is 0 Å². The van der Waals surface area contributed by atoms with Crippen LogP contribution in [0.2, 0.25) is 0 Å². The molecule has 1 heterocycles. The monoisotopic (exact) mass is 307 g/mol. The second-order valence-electron chi connectivity index (χ2n) is 4.58. The lowest BCUT2D eigenvalue weighted by Crippen LogP contribution is -2.37. The molecule has 2 rings (SSSR count). The summed E-state index contributed by atoms with van der Waals surface area (Å²) in [5.74, 6) is -0.545. The Kier molecular flexibility index (Phi) is 4.72. The number of nitrogens with zero attached hydrogens (tertiary/aromatic N) is 1. The van der Waals surface area contributed by atoms with Crippen LogP contribution in [-0.2, 0) is 11.3 Å². The molecule has 0 radical (unpaired) electrons. The number of non-ortho nitro benzene ring substituents is 1. The van der Waals surface area contributed by atoms with Crippen molar-refractivity contribution < 1.29 is 18.5 Å². The molecule has 22 heavy (non-hydrogen) atoms. The van der Waals surface area contributed by atoms with E-state index in [0.717, 1.165) is 6.07 Å². The molecule has 0 aliphatic heterocycles. The zero-order valence-electron chi connectivity index (χ0n) is 11.7. The number of benzene rings is 1. The van der Waals surface area contributed by atoms with Crippen LogP contribution in [-0.4, -0.2) is 16.9 Å². The Hall–Kier alpha value is -2.90. The summed E-state index contributed by atoms with van der Waals surface area (Å²) < 4.78 is 18.8. The lowest BCUT2D eigenvalue weighted by atomic mass is 10.2. The Bertz CT molecular complexity index is 673. The van der Waals surface area contributed by atoms with Crippen molar-refractivity contribution in [3.63, 3.8) is 0 Å². The molecule has 0 spiro atoms. The quantitative estimate of drug-likeness (QED) is 0.631. The van der Waals surface area contributed by atoms with Crippen LogP contribution >= 0.6 is 0 Å². The third-order valence-corrected chi connectivity index (χ3v) is 2.95. The van der Waals surface area contributed by atoms with Gasteiger partial charge in [-0.05, 0) is 25.1 Å². The Morgan fingerprint density at radius 2 is 2.23 bits per heavy atom. The largest absolute Gasteiger partial charge is 0.467 e. The van der Waals surface area contributed by atoms with E-state index in [1.807, 2.05) is 0 Å². The van der Waals surface area contributed by atoms with Crippen LogP contribution in [0.25, 0.3) is 0 Å². The van der Waals surface area contributed by atoms with Gasteiger partial charge in [-0.25, -0.2) is 4.39 Å². The number of nitro groups is 1. The SMILES string of the molecule is CC(Nc1ccc([N+](=O)[O-])cc1F)C(=O)NCc1ccco1. The van der Waals surface area contributed by atoms with Gasteiger partial charge in [0.05, 0.1) is 29.5 Å². The number of hydrogen-bond acceptors (Lipinski definition) is 5. The number of hydrogen-bond donors (Lipinski definition) is 2. The van der Waals surface area contributed by atoms with Gasteiger partial charge < -0.3 is 15.1 Å². The number of anilines is 1. The third kappa shape index (κ3) is 3.81. The average Bonchev–Trinajstić information content (AvgIpc) is 2.99. The molecule has 1 aromatic carbocycles. The first-order valence-corrected chi connectivity index (χ1v) is 6.48. The summed E-state index contributed by atoms with van der Waals surface area (Å²) in [5.41, 5.74) is -0.329. The fourth-order valence-corrected chi connectivity index (χ4v) is 1.77. The van der Waals surface area contributed by atoms with Crippen molar-refractivity contribution in [3.05, 3.63) is 58.3 Å². The van der Waals surface area contributed by atoms with Gasteiger partial charge in [0.15, 0.2) is 5.82 Å². The van der Waals surface area contributed by atoms with Gasteiger partial charge in [-0.3, -0.25) is 14.9 Å². The molecule has 0 saturated heterocycles. The molecule has 116 valence electrons. The highest BCUT2D eigenvalue weighted by atomic mass is 19.1. The molecule has 1 atom stereocenters. The molecule has 0 aliphatic rings. The average molecular weight is 307 g/mol. The Morgan fingerprint density at radius 1 is 1.45 bits per heavy atom. The second-order valence-corrected chi connectivity index (χ2v) is 4.58. The number of rotatable bonds is 6. The number of carbonyl (C=O) groups is 1. The molecule has 7 nitrogen and oxygen atoms in total. The topological polar surface area (TPSA) is 97.4 Å². The van der Waals surface area contributed by atoms with E-state index in [1.54, 1.807) is 19.1 Å². The van der Waals surface area contributed by atoms with Gasteiger partial charge in [0.1, 0.15) is 11.8 Å². The fourth-order valence-electron chi connectivity index (χ4n) is 1.77. The van der Waals surface area contributed by atoms with Gasteiger partial charge in [0.2, 0.25) is 5.91 Å². The fraction of sp³-hybridized carbons (Fsp3) is 0.214. The highest BCUT2D eigenvalue weighted by Gasteiger charge is 2.16. The molecule has 1 unspecified atom stereocenters. The number of nitro benzene ring substituents is 1. The van der Waals surface area contributed by atoms with Gasteiger partial charge in [-0.1, -0.05) is 0 Å². The van der Waals surface area contributed by atoms with Crippen LogP contribution in [0.3, 0.4) is 0 Å². The third-order valence-electron chi connectivity index (χ3n) is 2.95. The van der Waals surface area contributed by atoms with Crippen molar-refractivity contribution in [1.82, 2.24) is 5.32 Å². The smallest absolute Gasteiger partial charge is 0.272 e. The molecular weight excluding hydrogens is 293 g/mol. The lowest BCUT2D eigenvalue weighted by molar-refractivity contribution is -0.385. The highest BCUT2D eigenvalue weighted by Crippen LogP contribution is 2.21. The Morgan fingerprint density at radius 3 is 2.82 bits per heavy atom. The van der Waals surface area contributed by atoms with Crippen LogP contribution in [0.4, 0.5) is 15.8 Å². The van der Waals surface area contributed by atoms with Gasteiger partial charge in [-0.2, -0.15) is 0 Å². The van der Waals surface area contributed by atoms with Crippen molar-refractivity contribution in [2.45, 2.75) is 19.5 Å². The standard InChI is InChI=1S/C14H14FN3O4/c1-9(14(19)16-8-11-3-2-6-22-11)17-13-5-4-10(18(20)21)7-12(13)15/h2-7,9,17H,8H2,1H3,(H,16,19). The van der Waals surface area contributed by atoms with Crippen LogP contribution in [0.5, 0.6) is 0 Å². The minimum atomic E-state index is -0.792. The van der Waals surface area contributed by atoms with E-state index in [4.69, 9.17) is 4.42 Å². The van der Waals surface area contributed by atoms with Crippen LogP contribution in [0.1, 0.15) is 12.7 Å². The number of halogens is 1. The van der Waals surface area contributed by atoms with Crippen LogP contribution < -0.4 is 10.6 Å². The maximum absolute atomic E-state index is 13.7. The summed E-state index contributed by atoms with van der Waals surface area (Å²) in [6, 6.07) is 5.90. The lowest BCUT2D eigenvalue weighted by Gasteiger charge is -2.15. The maximum Gasteiger partial charge on any atom is 0.272 e. The van der Waals surface area contributed by atoms with Crippen molar-refractivity contribution >= 4 is 17.3 Å². The molecule has 0 saturated carbocycles. The Balaban J connectivity index is 1.94. The predicted molar refractivity (Wildman–Crippen MR) is 76.7 cm³/mol. The normalized spacial score (nSPS) is 11.7. The number of carbonyl (C=O) groups excluding carboxylic acids is 1. The highest BCUT2D eigenvalue weighted by molar-refractivity contribution is 5.84. The predicted octanol–water partition coefficient (Wildman–Crippen LogP) is 2.44. The summed E-state index contributed by atoms with van der Waals surface area (Å²) in [6.45, 7) is 1.78. The summed E-state index contributed by atoms with van der Waals surface area (Å²) >= 11 is 0. The number of furan rings is 1. The first-order valence-electron chi connectivity index (χ1n) is 6.48. The van der Waals surface area contributed by atoms with E-state index in [0.29, 0.717) is 5.76 Å². The summed E-state index contributed by atoms with van der Waals surface area (Å²) in [6.07, 6.45) is 1.50. The zero-order chi connectivity index (χ0) is 16.1. The second kappa shape index (κ2) is 6.70. The molecule has 0 aliphatic carbocycles. The molecule has 1 aromatic heterocycles. The van der Waals surface area contributed by atoms with Crippen molar-refractivity contribution in [1.29, 1.82) is 0 Å². The molecule has 2 aromatic rings. The zero-order valence-corrected chi connectivity index (χ0v) is 11.7. The van der Waals surface area contributed by atoms with E-state index in [1.165, 1.54) is 18.4 Å². The Labute approximate surface area is 125 Å². The summed E-state index contributed by atoms with van der Waals surface area (Å²) in [4.78, 5) is 21.7. The van der Waals surface area contributed by atoms with Crippen molar-refractivity contribution in [3.8, 4) is 0 Å². The van der Waals surface area contributed by atoms with Gasteiger partial charge >= 0.3 is 0 Å². The van der Waals surface area contributed by atoms with Crippen molar-refractivity contribution in [2.75, 3.05) is 5.32 Å². The first kappa shape index (κ1) is 15.5. The first-order chi connectivity index (χ1) is 10.5. The summed E-state index contributed by atoms with van der Waals surface area (Å²) in [5, 5.41) is 15.8. The molecule has 0 fully saturated rings. The molecular formula is C14H14FN3O4. The van der Waals surface area contributed by atoms with Gasteiger partial charge in [-0.15, -0.1) is 0 Å². The summed E-state index contributed by atoms with van der Waals surface area (Å²) in [7, 11) is 0. The van der Waals surface area contributed by atoms with Gasteiger partial charge in [0, 0.05) is 6.07 Å². The van der Waals surface area contributed by atoms with E-state index < -0.39 is 16.8 Å². The molecule has 1 amide bonds. The molecule has 2 N–H and O–H groups in total. The maximum atomic E-state index is 13.7.